The van der Waals surface area contributed by atoms with Gasteiger partial charge in [0.1, 0.15) is 11.4 Å². The van der Waals surface area contributed by atoms with Gasteiger partial charge in [-0.25, -0.2) is 4.39 Å². The number of aliphatic hydroxyl groups is 1. The summed E-state index contributed by atoms with van der Waals surface area (Å²) in [4.78, 5) is 27.5. The summed E-state index contributed by atoms with van der Waals surface area (Å²) in [5.41, 5.74) is -1.89. The molecular weight excluding hydrogens is 432 g/mol. The molecule has 0 saturated carbocycles. The first-order chi connectivity index (χ1) is 14.7. The summed E-state index contributed by atoms with van der Waals surface area (Å²) < 4.78 is 26.2. The lowest BCUT2D eigenvalue weighted by atomic mass is 9.77. The van der Waals surface area contributed by atoms with Crippen LogP contribution < -0.4 is 0 Å². The van der Waals surface area contributed by atoms with Gasteiger partial charge in [-0.3, -0.25) is 14.3 Å². The molecule has 2 rings (SSSR count). The molecule has 6 nitrogen and oxygen atoms in total. The SMILES string of the molecule is CC(C)C=CC(C(=O)O)([PH](=O)O)C(O)(Cc1ccc(F)cc1)c1cccc(C(C)(C)C)n1. The van der Waals surface area contributed by atoms with Crippen molar-refractivity contribution in [2.24, 2.45) is 5.92 Å². The highest BCUT2D eigenvalue weighted by molar-refractivity contribution is 7.42. The lowest BCUT2D eigenvalue weighted by molar-refractivity contribution is -0.147. The molecule has 3 atom stereocenters. The molecule has 0 spiro atoms. The summed E-state index contributed by atoms with van der Waals surface area (Å²) in [6.45, 7) is 9.31. The third-order valence-electron chi connectivity index (χ3n) is 5.37. The third-order valence-corrected chi connectivity index (χ3v) is 6.84. The minimum Gasteiger partial charge on any atom is -0.480 e. The van der Waals surface area contributed by atoms with Crippen molar-refractivity contribution in [3.63, 3.8) is 0 Å². The monoisotopic (exact) mass is 463 g/mol. The van der Waals surface area contributed by atoms with Gasteiger partial charge in [-0.15, -0.1) is 0 Å². The highest BCUT2D eigenvalue weighted by Gasteiger charge is 2.60. The van der Waals surface area contributed by atoms with Crippen molar-refractivity contribution in [1.29, 1.82) is 0 Å². The Labute approximate surface area is 188 Å². The Morgan fingerprint density at radius 3 is 2.16 bits per heavy atom. The van der Waals surface area contributed by atoms with E-state index in [2.05, 4.69) is 4.98 Å². The summed E-state index contributed by atoms with van der Waals surface area (Å²) in [5.74, 6) is -2.28. The van der Waals surface area contributed by atoms with Crippen LogP contribution in [0.4, 0.5) is 4.39 Å². The van der Waals surface area contributed by atoms with E-state index in [-0.39, 0.29) is 18.0 Å². The molecule has 32 heavy (non-hydrogen) atoms. The van der Waals surface area contributed by atoms with Gasteiger partial charge in [0.15, 0.2) is 5.16 Å². The van der Waals surface area contributed by atoms with E-state index in [0.29, 0.717) is 11.3 Å². The standard InChI is InChI=1S/C24H31FNO5P/c1-16(2)13-14-24(21(27)28,32(30)31)23(29,15-17-9-11-18(25)12-10-17)20-8-6-7-19(26-20)22(3,4)5/h6-14,16,29,32H,15H2,1-5H3,(H,27,28)(H,30,31). The van der Waals surface area contributed by atoms with Gasteiger partial charge < -0.3 is 15.1 Å². The third kappa shape index (κ3) is 5.17. The number of carboxylic acids is 1. The number of allylic oxidation sites excluding steroid dienone is 1. The minimum atomic E-state index is -3.91. The maximum Gasteiger partial charge on any atom is 0.326 e. The summed E-state index contributed by atoms with van der Waals surface area (Å²) in [6.07, 6.45) is 2.23. The molecule has 3 N–H and O–H groups in total. The Morgan fingerprint density at radius 1 is 1.12 bits per heavy atom. The summed E-state index contributed by atoms with van der Waals surface area (Å²) >= 11 is 0. The van der Waals surface area contributed by atoms with Crippen LogP contribution in [0.2, 0.25) is 0 Å². The van der Waals surface area contributed by atoms with E-state index >= 15 is 0 Å². The van der Waals surface area contributed by atoms with Crippen LogP contribution in [0.5, 0.6) is 0 Å². The molecule has 0 bridgehead atoms. The highest BCUT2D eigenvalue weighted by Crippen LogP contribution is 2.52. The average molecular weight is 463 g/mol. The van der Waals surface area contributed by atoms with Crippen molar-refractivity contribution in [1.82, 2.24) is 4.98 Å². The Hall–Kier alpha value is -2.34. The number of hydrogen-bond acceptors (Lipinski definition) is 4. The number of pyridine rings is 1. The lowest BCUT2D eigenvalue weighted by Crippen LogP contribution is -2.55. The first kappa shape index (κ1) is 25.9. The van der Waals surface area contributed by atoms with E-state index in [1.165, 1.54) is 36.4 Å². The maximum atomic E-state index is 13.5. The number of aromatic nitrogens is 1. The lowest BCUT2D eigenvalue weighted by Gasteiger charge is -2.41. The van der Waals surface area contributed by atoms with E-state index in [4.69, 9.17) is 0 Å². The molecule has 3 unspecified atom stereocenters. The second-order valence-corrected chi connectivity index (χ2v) is 10.7. The molecule has 1 aromatic heterocycles. The van der Waals surface area contributed by atoms with Gasteiger partial charge in [-0.1, -0.05) is 65.0 Å². The van der Waals surface area contributed by atoms with Crippen molar-refractivity contribution in [2.75, 3.05) is 0 Å². The fourth-order valence-electron chi connectivity index (χ4n) is 3.47. The van der Waals surface area contributed by atoms with Gasteiger partial charge in [0.25, 0.3) is 0 Å². The van der Waals surface area contributed by atoms with Gasteiger partial charge >= 0.3 is 5.97 Å². The van der Waals surface area contributed by atoms with E-state index < -0.39 is 36.0 Å². The zero-order valence-corrected chi connectivity index (χ0v) is 20.0. The van der Waals surface area contributed by atoms with Gasteiger partial charge in [-0.2, -0.15) is 0 Å². The van der Waals surface area contributed by atoms with Crippen LogP contribution in [0.25, 0.3) is 0 Å². The Bertz CT molecular complexity index is 1000. The second-order valence-electron chi connectivity index (χ2n) is 9.34. The number of nitrogens with zero attached hydrogens (tertiary/aromatic N) is 1. The van der Waals surface area contributed by atoms with E-state index in [9.17, 15) is 28.9 Å². The molecule has 0 aliphatic carbocycles. The number of aliphatic carboxylic acids is 1. The summed E-state index contributed by atoms with van der Waals surface area (Å²) in [6, 6.07) is 10.0. The van der Waals surface area contributed by atoms with Crippen molar-refractivity contribution < 1.29 is 28.9 Å². The summed E-state index contributed by atoms with van der Waals surface area (Å²) in [5, 5.41) is 19.7. The number of carbonyl (C=O) groups is 1. The molecule has 0 radical (unpaired) electrons. The molecule has 1 heterocycles. The van der Waals surface area contributed by atoms with Crippen LogP contribution in [0.3, 0.4) is 0 Å². The van der Waals surface area contributed by atoms with Crippen LogP contribution in [0.15, 0.2) is 54.6 Å². The van der Waals surface area contributed by atoms with E-state index in [0.717, 1.165) is 6.08 Å². The molecule has 1 aromatic carbocycles. The quantitative estimate of drug-likeness (QED) is 0.394. The summed E-state index contributed by atoms with van der Waals surface area (Å²) in [7, 11) is -3.91. The predicted octanol–water partition coefficient (Wildman–Crippen LogP) is 4.45. The second kappa shape index (κ2) is 9.65. The molecule has 0 saturated heterocycles. The van der Waals surface area contributed by atoms with Gasteiger partial charge in [0, 0.05) is 17.5 Å². The maximum absolute atomic E-state index is 13.5. The fourth-order valence-corrected chi connectivity index (χ4v) is 4.47. The van der Waals surface area contributed by atoms with Crippen molar-refractivity contribution in [2.45, 2.75) is 57.2 Å². The molecule has 0 aliphatic heterocycles. The number of benzene rings is 1. The number of rotatable bonds is 8. The first-order valence-electron chi connectivity index (χ1n) is 10.3. The molecule has 8 heteroatoms. The zero-order valence-electron chi connectivity index (χ0n) is 19.0. The van der Waals surface area contributed by atoms with Gasteiger partial charge in [-0.05, 0) is 35.7 Å². The normalized spacial score (nSPS) is 17.2. The van der Waals surface area contributed by atoms with E-state index in [1.54, 1.807) is 26.0 Å². The Morgan fingerprint density at radius 2 is 1.69 bits per heavy atom. The van der Waals surface area contributed by atoms with Crippen LogP contribution in [0, 0.1) is 11.7 Å². The fraction of sp³-hybridized carbons (Fsp3) is 0.417. The predicted molar refractivity (Wildman–Crippen MR) is 123 cm³/mol. The average Bonchev–Trinajstić information content (AvgIpc) is 2.69. The van der Waals surface area contributed by atoms with Crippen molar-refractivity contribution in [3.8, 4) is 0 Å². The van der Waals surface area contributed by atoms with E-state index in [1.807, 2.05) is 20.8 Å². The number of carboxylic acid groups (broad SMARTS) is 1. The van der Waals surface area contributed by atoms with Crippen LogP contribution in [-0.4, -0.2) is 31.2 Å². The van der Waals surface area contributed by atoms with Crippen molar-refractivity contribution >= 4 is 14.0 Å². The van der Waals surface area contributed by atoms with Crippen LogP contribution in [0.1, 0.15) is 51.6 Å². The Balaban J connectivity index is 2.88. The van der Waals surface area contributed by atoms with Gasteiger partial charge in [0.05, 0.1) is 5.69 Å². The number of halogens is 1. The molecule has 0 aliphatic rings. The molecule has 174 valence electrons. The molecule has 0 fully saturated rings. The first-order valence-corrected chi connectivity index (χ1v) is 11.7. The zero-order chi connectivity index (χ0) is 24.3. The van der Waals surface area contributed by atoms with Crippen LogP contribution >= 0.6 is 8.03 Å². The molecule has 2 aromatic rings. The number of hydrogen-bond donors (Lipinski definition) is 3. The molecular formula is C24H31FNO5P. The minimum absolute atomic E-state index is 0.0440. The smallest absolute Gasteiger partial charge is 0.326 e. The van der Waals surface area contributed by atoms with Gasteiger partial charge in [0.2, 0.25) is 8.03 Å². The Kier molecular flexibility index (Phi) is 7.82. The van der Waals surface area contributed by atoms with Crippen LogP contribution in [-0.2, 0) is 26.8 Å². The highest BCUT2D eigenvalue weighted by atomic mass is 31.1. The topological polar surface area (TPSA) is 108 Å². The van der Waals surface area contributed by atoms with Crippen molar-refractivity contribution in [3.05, 3.63) is 77.4 Å². The molecule has 0 amide bonds. The largest absolute Gasteiger partial charge is 0.480 e.